The van der Waals surface area contributed by atoms with Crippen LogP contribution in [0.3, 0.4) is 0 Å². The van der Waals surface area contributed by atoms with E-state index in [1.165, 1.54) is 12.1 Å². The highest BCUT2D eigenvalue weighted by molar-refractivity contribution is 5.94. The number of nitrogens with one attached hydrogen (secondary N) is 1. The van der Waals surface area contributed by atoms with Crippen LogP contribution < -0.4 is 5.32 Å². The number of halogens is 2. The highest BCUT2D eigenvalue weighted by Crippen LogP contribution is 2.18. The van der Waals surface area contributed by atoms with Gasteiger partial charge in [0.15, 0.2) is 0 Å². The Labute approximate surface area is 119 Å². The molecule has 1 aromatic carbocycles. The zero-order valence-corrected chi connectivity index (χ0v) is 11.9. The second-order valence-electron chi connectivity index (χ2n) is 4.83. The van der Waals surface area contributed by atoms with Gasteiger partial charge in [-0.15, -0.1) is 12.4 Å². The largest absolute Gasteiger partial charge is 0.338 e. The third-order valence-electron chi connectivity index (χ3n) is 3.37. The number of hydrogen-bond donors (Lipinski definition) is 1. The van der Waals surface area contributed by atoms with Crippen molar-refractivity contribution in [3.63, 3.8) is 0 Å². The molecule has 0 radical (unpaired) electrons. The summed E-state index contributed by atoms with van der Waals surface area (Å²) < 4.78 is 13.1. The molecule has 1 fully saturated rings. The summed E-state index contributed by atoms with van der Waals surface area (Å²) in [6.45, 7) is 2.46. The highest BCUT2D eigenvalue weighted by Gasteiger charge is 2.24. The molecule has 1 N–H and O–H groups in total. The summed E-state index contributed by atoms with van der Waals surface area (Å²) in [5.74, 6) is 0.0844. The Kier molecular flexibility index (Phi) is 6.25. The Hall–Kier alpha value is -1.13. The lowest BCUT2D eigenvalue weighted by Gasteiger charge is -2.32. The molecule has 1 atom stereocenters. The number of hydrogen-bond acceptors (Lipinski definition) is 2. The molecule has 106 valence electrons. The Bertz CT molecular complexity index is 426. The van der Waals surface area contributed by atoms with E-state index in [0.717, 1.165) is 32.5 Å². The summed E-state index contributed by atoms with van der Waals surface area (Å²) in [7, 11) is 1.92. The van der Waals surface area contributed by atoms with Crippen molar-refractivity contribution < 1.29 is 9.18 Å². The smallest absolute Gasteiger partial charge is 0.253 e. The van der Waals surface area contributed by atoms with Crippen LogP contribution in [0.5, 0.6) is 0 Å². The molecule has 1 aliphatic rings. The van der Waals surface area contributed by atoms with E-state index in [1.807, 2.05) is 11.9 Å². The SMILES string of the molecule is CNCC1CCCN(C(=O)c2cccc(F)c2)C1.Cl. The first-order valence-corrected chi connectivity index (χ1v) is 6.40. The third kappa shape index (κ3) is 4.18. The van der Waals surface area contributed by atoms with E-state index in [1.54, 1.807) is 12.1 Å². The van der Waals surface area contributed by atoms with E-state index in [0.29, 0.717) is 11.5 Å². The van der Waals surface area contributed by atoms with Crippen molar-refractivity contribution in [3.8, 4) is 0 Å². The predicted molar refractivity (Wildman–Crippen MR) is 76.2 cm³/mol. The van der Waals surface area contributed by atoms with Crippen LogP contribution in [0.1, 0.15) is 23.2 Å². The number of piperidine rings is 1. The molecular formula is C14H20ClFN2O. The fourth-order valence-corrected chi connectivity index (χ4v) is 2.51. The molecular weight excluding hydrogens is 267 g/mol. The Balaban J connectivity index is 0.00000180. The highest BCUT2D eigenvalue weighted by atomic mass is 35.5. The molecule has 1 unspecified atom stereocenters. The molecule has 1 amide bonds. The summed E-state index contributed by atoms with van der Waals surface area (Å²) >= 11 is 0. The van der Waals surface area contributed by atoms with Crippen LogP contribution in [0.2, 0.25) is 0 Å². The van der Waals surface area contributed by atoms with E-state index >= 15 is 0 Å². The lowest BCUT2D eigenvalue weighted by molar-refractivity contribution is 0.0674. The van der Waals surface area contributed by atoms with Crippen LogP contribution in [0, 0.1) is 11.7 Å². The quantitative estimate of drug-likeness (QED) is 0.925. The van der Waals surface area contributed by atoms with Gasteiger partial charge in [0.05, 0.1) is 0 Å². The molecule has 0 saturated carbocycles. The van der Waals surface area contributed by atoms with Crippen LogP contribution in [0.25, 0.3) is 0 Å². The van der Waals surface area contributed by atoms with Gasteiger partial charge >= 0.3 is 0 Å². The second-order valence-corrected chi connectivity index (χ2v) is 4.83. The van der Waals surface area contributed by atoms with E-state index in [2.05, 4.69) is 5.32 Å². The summed E-state index contributed by atoms with van der Waals surface area (Å²) in [5, 5.41) is 3.15. The number of carbonyl (C=O) groups excluding carboxylic acids is 1. The zero-order valence-electron chi connectivity index (χ0n) is 11.1. The Morgan fingerprint density at radius 2 is 2.32 bits per heavy atom. The normalized spacial score (nSPS) is 18.8. The van der Waals surface area contributed by atoms with E-state index < -0.39 is 0 Å². The average molecular weight is 287 g/mol. The third-order valence-corrected chi connectivity index (χ3v) is 3.37. The van der Waals surface area contributed by atoms with Crippen LogP contribution in [-0.2, 0) is 0 Å². The summed E-state index contributed by atoms with van der Waals surface area (Å²) in [4.78, 5) is 14.1. The molecule has 2 rings (SSSR count). The van der Waals surface area contributed by atoms with Gasteiger partial charge in [-0.05, 0) is 50.6 Å². The maximum Gasteiger partial charge on any atom is 0.253 e. The number of likely N-dealkylation sites (tertiary alicyclic amines) is 1. The van der Waals surface area contributed by atoms with Gasteiger partial charge in [-0.3, -0.25) is 4.79 Å². The Morgan fingerprint density at radius 3 is 3.00 bits per heavy atom. The average Bonchev–Trinajstić information content (AvgIpc) is 2.39. The van der Waals surface area contributed by atoms with E-state index in [4.69, 9.17) is 0 Å². The summed E-state index contributed by atoms with van der Waals surface area (Å²) in [6, 6.07) is 5.92. The Morgan fingerprint density at radius 1 is 1.53 bits per heavy atom. The first-order valence-electron chi connectivity index (χ1n) is 6.40. The van der Waals surface area contributed by atoms with Crippen molar-refractivity contribution in [1.29, 1.82) is 0 Å². The van der Waals surface area contributed by atoms with Crippen LogP contribution in [0.15, 0.2) is 24.3 Å². The lowest BCUT2D eigenvalue weighted by Crippen LogP contribution is -2.42. The number of benzene rings is 1. The molecule has 1 aliphatic heterocycles. The molecule has 0 bridgehead atoms. The predicted octanol–water partition coefficient (Wildman–Crippen LogP) is 2.32. The van der Waals surface area contributed by atoms with Crippen molar-refractivity contribution >= 4 is 18.3 Å². The van der Waals surface area contributed by atoms with E-state index in [9.17, 15) is 9.18 Å². The van der Waals surface area contributed by atoms with Gasteiger partial charge in [-0.2, -0.15) is 0 Å². The molecule has 1 aromatic rings. The van der Waals surface area contributed by atoms with Crippen molar-refractivity contribution in [2.45, 2.75) is 12.8 Å². The zero-order chi connectivity index (χ0) is 13.0. The van der Waals surface area contributed by atoms with E-state index in [-0.39, 0.29) is 24.1 Å². The fraction of sp³-hybridized carbons (Fsp3) is 0.500. The molecule has 5 heteroatoms. The summed E-state index contributed by atoms with van der Waals surface area (Å²) in [5.41, 5.74) is 0.445. The topological polar surface area (TPSA) is 32.3 Å². The van der Waals surface area contributed by atoms with Crippen LogP contribution in [0.4, 0.5) is 4.39 Å². The van der Waals surface area contributed by atoms with Crippen molar-refractivity contribution in [2.75, 3.05) is 26.7 Å². The molecule has 1 heterocycles. The molecule has 3 nitrogen and oxygen atoms in total. The number of carbonyl (C=O) groups is 1. The minimum atomic E-state index is -0.357. The van der Waals surface area contributed by atoms with Gasteiger partial charge < -0.3 is 10.2 Å². The maximum atomic E-state index is 13.1. The van der Waals surface area contributed by atoms with Crippen molar-refractivity contribution in [1.82, 2.24) is 10.2 Å². The van der Waals surface area contributed by atoms with Crippen LogP contribution >= 0.6 is 12.4 Å². The van der Waals surface area contributed by atoms with Gasteiger partial charge in [0.1, 0.15) is 5.82 Å². The van der Waals surface area contributed by atoms with Crippen molar-refractivity contribution in [2.24, 2.45) is 5.92 Å². The van der Waals surface area contributed by atoms with Gasteiger partial charge in [0, 0.05) is 18.7 Å². The number of amides is 1. The van der Waals surface area contributed by atoms with Gasteiger partial charge in [-0.1, -0.05) is 6.07 Å². The van der Waals surface area contributed by atoms with Gasteiger partial charge in [-0.25, -0.2) is 4.39 Å². The molecule has 0 aliphatic carbocycles. The monoisotopic (exact) mass is 286 g/mol. The minimum absolute atomic E-state index is 0. The molecule has 0 spiro atoms. The van der Waals surface area contributed by atoms with Crippen LogP contribution in [-0.4, -0.2) is 37.5 Å². The molecule has 0 aromatic heterocycles. The standard InChI is InChI=1S/C14H19FN2O.ClH/c1-16-9-11-4-3-7-17(10-11)14(18)12-5-2-6-13(15)8-12;/h2,5-6,8,11,16H,3-4,7,9-10H2,1H3;1H. The van der Waals surface area contributed by atoms with Gasteiger partial charge in [0.2, 0.25) is 0 Å². The second kappa shape index (κ2) is 7.46. The molecule has 1 saturated heterocycles. The number of rotatable bonds is 3. The first-order chi connectivity index (χ1) is 8.70. The maximum absolute atomic E-state index is 13.1. The molecule has 19 heavy (non-hydrogen) atoms. The first kappa shape index (κ1) is 15.9. The fourth-order valence-electron chi connectivity index (χ4n) is 2.51. The lowest BCUT2D eigenvalue weighted by atomic mass is 9.97. The van der Waals surface area contributed by atoms with Gasteiger partial charge in [0.25, 0.3) is 5.91 Å². The minimum Gasteiger partial charge on any atom is -0.338 e. The summed E-state index contributed by atoms with van der Waals surface area (Å²) in [6.07, 6.45) is 2.17. The van der Waals surface area contributed by atoms with Crippen molar-refractivity contribution in [3.05, 3.63) is 35.6 Å². The number of nitrogens with zero attached hydrogens (tertiary/aromatic N) is 1.